The van der Waals surface area contributed by atoms with Gasteiger partial charge in [0.15, 0.2) is 0 Å². The maximum atomic E-state index is 11.4. The number of methoxy groups -OCH3 is 1. The number of para-hydroxylation sites is 1. The van der Waals surface area contributed by atoms with Gasteiger partial charge in [-0.1, -0.05) is 23.4 Å². The molecule has 1 aromatic carbocycles. The summed E-state index contributed by atoms with van der Waals surface area (Å²) in [7, 11) is 1.57. The molecule has 0 atom stereocenters. The van der Waals surface area contributed by atoms with Crippen molar-refractivity contribution in [3.63, 3.8) is 0 Å². The molecule has 0 unspecified atom stereocenters. The number of rotatable bonds is 5. The van der Waals surface area contributed by atoms with E-state index in [2.05, 4.69) is 5.16 Å². The summed E-state index contributed by atoms with van der Waals surface area (Å²) < 4.78 is 5.38. The number of aromatic hydroxyl groups is 1. The Morgan fingerprint density at radius 3 is 2.74 bits per heavy atom. The molecule has 7 nitrogen and oxygen atoms in total. The molecular weight excluding hydrogens is 300 g/mol. The van der Waals surface area contributed by atoms with Gasteiger partial charge in [0.1, 0.15) is 12.4 Å². The van der Waals surface area contributed by atoms with Gasteiger partial charge in [-0.25, -0.2) is 0 Å². The van der Waals surface area contributed by atoms with Crippen LogP contribution < -0.4 is 10.3 Å². The van der Waals surface area contributed by atoms with Crippen LogP contribution in [0.15, 0.2) is 40.3 Å². The van der Waals surface area contributed by atoms with Crippen molar-refractivity contribution >= 4 is 5.71 Å². The molecule has 0 fully saturated rings. The van der Waals surface area contributed by atoms with Crippen LogP contribution in [0.5, 0.6) is 11.6 Å². The van der Waals surface area contributed by atoms with Gasteiger partial charge in [-0.05, 0) is 25.5 Å². The standard InChI is InChI=1S/C16H18N2O5/c1-10-8-14(19)18(21)16(20)15(10)11(2)17-23-9-12-6-4-5-7-13(12)22-3/h4-8,20-21H,9H2,1-3H3/b17-11+. The molecule has 2 aromatic rings. The summed E-state index contributed by atoms with van der Waals surface area (Å²) in [4.78, 5) is 16.7. The van der Waals surface area contributed by atoms with Gasteiger partial charge in [-0.15, -0.1) is 4.73 Å². The van der Waals surface area contributed by atoms with E-state index in [1.807, 2.05) is 24.3 Å². The first kappa shape index (κ1) is 16.4. The number of aryl methyl sites for hydroxylation is 1. The van der Waals surface area contributed by atoms with Crippen LogP contribution in [-0.4, -0.2) is 27.9 Å². The first-order valence-corrected chi connectivity index (χ1v) is 6.89. The first-order chi connectivity index (χ1) is 11.0. The van der Waals surface area contributed by atoms with E-state index in [-0.39, 0.29) is 16.9 Å². The maximum absolute atomic E-state index is 11.4. The van der Waals surface area contributed by atoms with Gasteiger partial charge in [0.05, 0.1) is 18.4 Å². The number of nitrogens with zero attached hydrogens (tertiary/aromatic N) is 2. The zero-order valence-electron chi connectivity index (χ0n) is 13.1. The highest BCUT2D eigenvalue weighted by Crippen LogP contribution is 2.20. The van der Waals surface area contributed by atoms with Crippen LogP contribution in [0.1, 0.15) is 23.6 Å². The number of benzene rings is 1. The van der Waals surface area contributed by atoms with Crippen LogP contribution in [-0.2, 0) is 11.4 Å². The molecule has 0 saturated heterocycles. The topological polar surface area (TPSA) is 93.3 Å². The van der Waals surface area contributed by atoms with Crippen molar-refractivity contribution in [2.45, 2.75) is 20.5 Å². The summed E-state index contributed by atoms with van der Waals surface area (Å²) >= 11 is 0. The monoisotopic (exact) mass is 318 g/mol. The fourth-order valence-corrected chi connectivity index (χ4v) is 2.22. The Balaban J connectivity index is 2.21. The molecule has 2 N–H and O–H groups in total. The molecule has 0 saturated carbocycles. The fourth-order valence-electron chi connectivity index (χ4n) is 2.22. The van der Waals surface area contributed by atoms with Crippen molar-refractivity contribution in [1.29, 1.82) is 0 Å². The normalized spacial score (nSPS) is 11.3. The summed E-state index contributed by atoms with van der Waals surface area (Å²) in [5.41, 5.74) is 1.16. The SMILES string of the molecule is COc1ccccc1CO/N=C(\C)c1c(C)cc(=O)n(O)c1O. The van der Waals surface area contributed by atoms with Gasteiger partial charge in [0.25, 0.3) is 5.56 Å². The highest BCUT2D eigenvalue weighted by molar-refractivity contribution is 6.01. The molecule has 0 aliphatic heterocycles. The molecule has 7 heteroatoms. The van der Waals surface area contributed by atoms with Crippen molar-refractivity contribution in [3.8, 4) is 11.6 Å². The van der Waals surface area contributed by atoms with E-state index in [1.165, 1.54) is 6.07 Å². The number of ether oxygens (including phenoxy) is 1. The number of oxime groups is 1. The van der Waals surface area contributed by atoms with E-state index >= 15 is 0 Å². The highest BCUT2D eigenvalue weighted by Gasteiger charge is 2.15. The molecule has 0 spiro atoms. The third-order valence-corrected chi connectivity index (χ3v) is 3.34. The average Bonchev–Trinajstić information content (AvgIpc) is 2.53. The molecule has 0 bridgehead atoms. The largest absolute Gasteiger partial charge is 0.496 e. The average molecular weight is 318 g/mol. The van der Waals surface area contributed by atoms with Crippen molar-refractivity contribution in [2.75, 3.05) is 7.11 Å². The zero-order chi connectivity index (χ0) is 17.0. The second-order valence-electron chi connectivity index (χ2n) is 4.94. The Kier molecular flexibility index (Phi) is 4.90. The second kappa shape index (κ2) is 6.87. The predicted molar refractivity (Wildman–Crippen MR) is 84.3 cm³/mol. The molecular formula is C16H18N2O5. The van der Waals surface area contributed by atoms with E-state index in [4.69, 9.17) is 9.57 Å². The summed E-state index contributed by atoms with van der Waals surface area (Å²) in [5, 5.41) is 23.3. The van der Waals surface area contributed by atoms with Crippen molar-refractivity contribution < 1.29 is 19.9 Å². The lowest BCUT2D eigenvalue weighted by atomic mass is 10.1. The Bertz CT molecular complexity index is 796. The van der Waals surface area contributed by atoms with Gasteiger partial charge >= 0.3 is 0 Å². The van der Waals surface area contributed by atoms with Crippen LogP contribution in [0.4, 0.5) is 0 Å². The molecule has 2 rings (SSSR count). The molecule has 0 aliphatic rings. The highest BCUT2D eigenvalue weighted by atomic mass is 16.6. The quantitative estimate of drug-likeness (QED) is 0.500. The Morgan fingerprint density at radius 1 is 1.35 bits per heavy atom. The smallest absolute Gasteiger partial charge is 0.286 e. The number of hydrogen-bond donors (Lipinski definition) is 2. The number of aromatic nitrogens is 1. The molecule has 1 aromatic heterocycles. The summed E-state index contributed by atoms with van der Waals surface area (Å²) in [5.74, 6) is 0.112. The molecule has 0 amide bonds. The van der Waals surface area contributed by atoms with Crippen LogP contribution in [0.3, 0.4) is 0 Å². The molecule has 0 radical (unpaired) electrons. The lowest BCUT2D eigenvalue weighted by Crippen LogP contribution is -2.20. The Hall–Kier alpha value is -2.96. The van der Waals surface area contributed by atoms with Crippen LogP contribution >= 0.6 is 0 Å². The number of hydrogen-bond acceptors (Lipinski definition) is 6. The lowest BCUT2D eigenvalue weighted by Gasteiger charge is -2.10. The van der Waals surface area contributed by atoms with Crippen LogP contribution in [0, 0.1) is 6.92 Å². The van der Waals surface area contributed by atoms with E-state index in [0.717, 1.165) is 5.56 Å². The van der Waals surface area contributed by atoms with Crippen molar-refractivity contribution in [1.82, 2.24) is 4.73 Å². The van der Waals surface area contributed by atoms with Gasteiger partial charge < -0.3 is 19.9 Å². The van der Waals surface area contributed by atoms with Crippen molar-refractivity contribution in [2.24, 2.45) is 5.16 Å². The van der Waals surface area contributed by atoms with Crippen LogP contribution in [0.25, 0.3) is 0 Å². The second-order valence-corrected chi connectivity index (χ2v) is 4.94. The molecule has 0 aliphatic carbocycles. The summed E-state index contributed by atoms with van der Waals surface area (Å²) in [6.07, 6.45) is 0. The third-order valence-electron chi connectivity index (χ3n) is 3.34. The predicted octanol–water partition coefficient (Wildman–Crippen LogP) is 2.05. The molecule has 1 heterocycles. The van der Waals surface area contributed by atoms with Crippen molar-refractivity contribution in [3.05, 3.63) is 57.4 Å². The lowest BCUT2D eigenvalue weighted by molar-refractivity contribution is 0.127. The van der Waals surface area contributed by atoms with Gasteiger partial charge in [-0.2, -0.15) is 0 Å². The summed E-state index contributed by atoms with van der Waals surface area (Å²) in [6, 6.07) is 8.57. The third kappa shape index (κ3) is 3.45. The van der Waals surface area contributed by atoms with Gasteiger partial charge in [-0.3, -0.25) is 4.79 Å². The van der Waals surface area contributed by atoms with Crippen LogP contribution in [0.2, 0.25) is 0 Å². The van der Waals surface area contributed by atoms with Gasteiger partial charge in [0.2, 0.25) is 5.88 Å². The fraction of sp³-hybridized carbons (Fsp3) is 0.250. The van der Waals surface area contributed by atoms with E-state index in [0.29, 0.717) is 17.0 Å². The van der Waals surface area contributed by atoms with E-state index in [9.17, 15) is 15.1 Å². The maximum Gasteiger partial charge on any atom is 0.286 e. The zero-order valence-corrected chi connectivity index (χ0v) is 13.1. The number of pyridine rings is 1. The molecule has 122 valence electrons. The minimum Gasteiger partial charge on any atom is -0.496 e. The first-order valence-electron chi connectivity index (χ1n) is 6.89. The molecule has 23 heavy (non-hydrogen) atoms. The minimum absolute atomic E-state index is 0.168. The Labute approximate surface area is 133 Å². The van der Waals surface area contributed by atoms with E-state index in [1.54, 1.807) is 21.0 Å². The summed E-state index contributed by atoms with van der Waals surface area (Å²) in [6.45, 7) is 3.42. The Morgan fingerprint density at radius 2 is 2.04 bits per heavy atom. The van der Waals surface area contributed by atoms with Gasteiger partial charge in [0, 0.05) is 11.6 Å². The minimum atomic E-state index is -0.716. The van der Waals surface area contributed by atoms with E-state index < -0.39 is 11.4 Å².